The summed E-state index contributed by atoms with van der Waals surface area (Å²) in [5.74, 6) is 0. The summed E-state index contributed by atoms with van der Waals surface area (Å²) in [4.78, 5) is 6.10. The molecule has 3 nitrogen and oxygen atoms in total. The van der Waals surface area contributed by atoms with Crippen molar-refractivity contribution in [2.75, 3.05) is 18.1 Å². The van der Waals surface area contributed by atoms with Gasteiger partial charge in [0.15, 0.2) is 0 Å². The zero-order valence-corrected chi connectivity index (χ0v) is 8.61. The Kier molecular flexibility index (Phi) is 2.89. The molecule has 1 N–H and O–H groups in total. The molecule has 1 aromatic heterocycles. The number of aromatic nitrogens is 1. The Morgan fingerprint density at radius 3 is 3.21 bits per heavy atom. The fraction of sp³-hybridized carbons (Fsp3) is 0.500. The molecule has 1 aliphatic rings. The normalized spacial score (nSPS) is 21.6. The second-order valence-electron chi connectivity index (χ2n) is 3.50. The maximum Gasteiger partial charge on any atom is 0.0822 e. The van der Waals surface area contributed by atoms with Crippen LogP contribution in [0.25, 0.3) is 0 Å². The fourth-order valence-electron chi connectivity index (χ4n) is 1.94. The molecule has 0 aromatic carbocycles. The van der Waals surface area contributed by atoms with Crippen LogP contribution in [0.15, 0.2) is 18.5 Å². The zero-order valence-electron chi connectivity index (χ0n) is 7.86. The van der Waals surface area contributed by atoms with Crippen LogP contribution in [-0.2, 0) is 0 Å². The van der Waals surface area contributed by atoms with Crippen molar-refractivity contribution in [3.8, 4) is 0 Å². The molecule has 4 heteroatoms. The van der Waals surface area contributed by atoms with Gasteiger partial charge >= 0.3 is 0 Å². The average Bonchev–Trinajstić information content (AvgIpc) is 2.66. The summed E-state index contributed by atoms with van der Waals surface area (Å²) in [5.41, 5.74) is 0.984. The number of hydrogen-bond donors (Lipinski definition) is 1. The number of pyridine rings is 1. The summed E-state index contributed by atoms with van der Waals surface area (Å²) in [5, 5.41) is 9.85. The van der Waals surface area contributed by atoms with E-state index in [1.807, 2.05) is 6.07 Å². The van der Waals surface area contributed by atoms with Crippen molar-refractivity contribution < 1.29 is 5.11 Å². The smallest absolute Gasteiger partial charge is 0.0822 e. The van der Waals surface area contributed by atoms with E-state index in [0.717, 1.165) is 25.1 Å². The Morgan fingerprint density at radius 2 is 2.50 bits per heavy atom. The van der Waals surface area contributed by atoms with Crippen LogP contribution in [0.5, 0.6) is 0 Å². The molecule has 0 bridgehead atoms. The first kappa shape index (κ1) is 9.74. The highest BCUT2D eigenvalue weighted by Crippen LogP contribution is 2.30. The molecule has 1 atom stereocenters. The van der Waals surface area contributed by atoms with Crippen molar-refractivity contribution in [1.29, 1.82) is 0 Å². The van der Waals surface area contributed by atoms with Crippen molar-refractivity contribution in [3.05, 3.63) is 23.5 Å². The molecular weight excluding hydrogens is 200 g/mol. The lowest BCUT2D eigenvalue weighted by Gasteiger charge is -2.25. The summed E-state index contributed by atoms with van der Waals surface area (Å²) >= 11 is 6.04. The average molecular weight is 213 g/mol. The molecule has 1 unspecified atom stereocenters. The highest BCUT2D eigenvalue weighted by molar-refractivity contribution is 6.33. The monoisotopic (exact) mass is 212 g/mol. The first-order valence-electron chi connectivity index (χ1n) is 4.80. The maximum atomic E-state index is 9.19. The Bertz CT molecular complexity index is 319. The van der Waals surface area contributed by atoms with Crippen LogP contribution < -0.4 is 4.90 Å². The van der Waals surface area contributed by atoms with Gasteiger partial charge in [-0.05, 0) is 18.9 Å². The van der Waals surface area contributed by atoms with Gasteiger partial charge in [-0.15, -0.1) is 0 Å². The van der Waals surface area contributed by atoms with Gasteiger partial charge in [-0.2, -0.15) is 0 Å². The van der Waals surface area contributed by atoms with E-state index in [0.29, 0.717) is 5.02 Å². The van der Waals surface area contributed by atoms with Crippen molar-refractivity contribution in [1.82, 2.24) is 4.98 Å². The number of rotatable bonds is 2. The van der Waals surface area contributed by atoms with E-state index in [2.05, 4.69) is 9.88 Å². The van der Waals surface area contributed by atoms with Gasteiger partial charge in [0.25, 0.3) is 0 Å². The number of aliphatic hydroxyl groups is 1. The zero-order chi connectivity index (χ0) is 9.97. The van der Waals surface area contributed by atoms with Gasteiger partial charge in [0, 0.05) is 18.9 Å². The van der Waals surface area contributed by atoms with E-state index in [1.54, 1.807) is 12.4 Å². The summed E-state index contributed by atoms with van der Waals surface area (Å²) in [6.07, 6.45) is 5.52. The number of hydrogen-bond acceptors (Lipinski definition) is 3. The number of anilines is 1. The highest BCUT2D eigenvalue weighted by atomic mass is 35.5. The SMILES string of the molecule is OCC1CCCN1c1ccncc1Cl. The first-order valence-corrected chi connectivity index (χ1v) is 5.17. The van der Waals surface area contributed by atoms with Crippen molar-refractivity contribution >= 4 is 17.3 Å². The summed E-state index contributed by atoms with van der Waals surface area (Å²) in [7, 11) is 0. The molecular formula is C10H13ClN2O. The minimum absolute atomic E-state index is 0.193. The predicted molar refractivity (Wildman–Crippen MR) is 56.7 cm³/mol. The molecule has 0 radical (unpaired) electrons. The highest BCUT2D eigenvalue weighted by Gasteiger charge is 2.25. The van der Waals surface area contributed by atoms with E-state index in [9.17, 15) is 5.11 Å². The molecule has 1 aliphatic heterocycles. The van der Waals surface area contributed by atoms with E-state index < -0.39 is 0 Å². The van der Waals surface area contributed by atoms with E-state index in [1.165, 1.54) is 0 Å². The Balaban J connectivity index is 2.26. The van der Waals surface area contributed by atoms with Crippen LogP contribution in [-0.4, -0.2) is 29.3 Å². The van der Waals surface area contributed by atoms with Crippen LogP contribution in [0, 0.1) is 0 Å². The van der Waals surface area contributed by atoms with Gasteiger partial charge in [0.2, 0.25) is 0 Å². The lowest BCUT2D eigenvalue weighted by Crippen LogP contribution is -2.32. The van der Waals surface area contributed by atoms with Crippen LogP contribution in [0.3, 0.4) is 0 Å². The topological polar surface area (TPSA) is 36.4 Å². The van der Waals surface area contributed by atoms with Crippen LogP contribution >= 0.6 is 11.6 Å². The van der Waals surface area contributed by atoms with Crippen molar-refractivity contribution in [3.63, 3.8) is 0 Å². The molecule has 1 saturated heterocycles. The minimum Gasteiger partial charge on any atom is -0.394 e. The number of halogens is 1. The fourth-order valence-corrected chi connectivity index (χ4v) is 2.17. The van der Waals surface area contributed by atoms with Gasteiger partial charge in [-0.3, -0.25) is 4.98 Å². The van der Waals surface area contributed by atoms with Crippen molar-refractivity contribution in [2.45, 2.75) is 18.9 Å². The van der Waals surface area contributed by atoms with Gasteiger partial charge in [-0.1, -0.05) is 11.6 Å². The van der Waals surface area contributed by atoms with Crippen molar-refractivity contribution in [2.24, 2.45) is 0 Å². The molecule has 1 fully saturated rings. The molecule has 0 spiro atoms. The van der Waals surface area contributed by atoms with E-state index in [-0.39, 0.29) is 12.6 Å². The lowest BCUT2D eigenvalue weighted by molar-refractivity contribution is 0.266. The van der Waals surface area contributed by atoms with Gasteiger partial charge in [-0.25, -0.2) is 0 Å². The predicted octanol–water partition coefficient (Wildman–Crippen LogP) is 1.70. The summed E-state index contributed by atoms with van der Waals surface area (Å²) in [6, 6.07) is 2.12. The minimum atomic E-state index is 0.193. The Labute approximate surface area is 88.3 Å². The second kappa shape index (κ2) is 4.15. The lowest BCUT2D eigenvalue weighted by atomic mass is 10.2. The molecule has 0 aliphatic carbocycles. The van der Waals surface area contributed by atoms with Gasteiger partial charge in [0.1, 0.15) is 0 Å². The standard InChI is InChI=1S/C10H13ClN2O/c11-9-6-12-4-3-10(9)13-5-1-2-8(13)7-14/h3-4,6,8,14H,1-2,5,7H2. The quantitative estimate of drug-likeness (QED) is 0.811. The van der Waals surface area contributed by atoms with Crippen LogP contribution in [0.4, 0.5) is 5.69 Å². The van der Waals surface area contributed by atoms with E-state index in [4.69, 9.17) is 11.6 Å². The number of nitrogens with zero attached hydrogens (tertiary/aromatic N) is 2. The summed E-state index contributed by atoms with van der Waals surface area (Å²) in [6.45, 7) is 1.16. The van der Waals surface area contributed by atoms with Gasteiger partial charge in [0.05, 0.1) is 23.4 Å². The molecule has 0 saturated carbocycles. The third-order valence-corrected chi connectivity index (χ3v) is 2.94. The molecule has 2 rings (SSSR count). The number of aliphatic hydroxyl groups excluding tert-OH is 1. The molecule has 1 aromatic rings. The molecule has 76 valence electrons. The van der Waals surface area contributed by atoms with Crippen LogP contribution in [0.1, 0.15) is 12.8 Å². The van der Waals surface area contributed by atoms with Gasteiger partial charge < -0.3 is 10.0 Å². The van der Waals surface area contributed by atoms with E-state index >= 15 is 0 Å². The Morgan fingerprint density at radius 1 is 1.64 bits per heavy atom. The largest absolute Gasteiger partial charge is 0.394 e. The third kappa shape index (κ3) is 1.70. The maximum absolute atomic E-state index is 9.19. The summed E-state index contributed by atoms with van der Waals surface area (Å²) < 4.78 is 0. The first-order chi connectivity index (χ1) is 6.83. The molecule has 14 heavy (non-hydrogen) atoms. The van der Waals surface area contributed by atoms with Crippen LogP contribution in [0.2, 0.25) is 5.02 Å². The second-order valence-corrected chi connectivity index (χ2v) is 3.91. The Hall–Kier alpha value is -0.800. The molecule has 0 amide bonds. The third-order valence-electron chi connectivity index (χ3n) is 2.65. The molecule has 2 heterocycles.